The number of nitrogens with one attached hydrogen (secondary N) is 1. The van der Waals surface area contributed by atoms with Crippen molar-refractivity contribution >= 4 is 28.9 Å². The standard InChI is InChI=1S/C10H18N4OS/c1-8(12-13-10(11)16)7-9(15)14-5-3-2-4-6-14/h2-7H2,1H3,(H3,11,13,16)/b12-8-. The van der Waals surface area contributed by atoms with Crippen LogP contribution in [0, 0.1) is 0 Å². The highest BCUT2D eigenvalue weighted by Gasteiger charge is 2.16. The number of likely N-dealkylation sites (tertiary alicyclic amines) is 1. The van der Waals surface area contributed by atoms with Crippen LogP contribution in [0.5, 0.6) is 0 Å². The average Bonchev–Trinajstić information content (AvgIpc) is 2.27. The second kappa shape index (κ2) is 6.42. The van der Waals surface area contributed by atoms with E-state index in [0.717, 1.165) is 25.9 Å². The molecule has 1 amide bonds. The van der Waals surface area contributed by atoms with E-state index in [4.69, 9.17) is 5.73 Å². The Labute approximate surface area is 101 Å². The Morgan fingerprint density at radius 3 is 2.62 bits per heavy atom. The maximum Gasteiger partial charge on any atom is 0.228 e. The maximum atomic E-state index is 11.8. The summed E-state index contributed by atoms with van der Waals surface area (Å²) in [6.07, 6.45) is 3.76. The molecule has 0 bridgehead atoms. The third kappa shape index (κ3) is 4.57. The van der Waals surface area contributed by atoms with Gasteiger partial charge in [0.05, 0.1) is 6.42 Å². The Bertz CT molecular complexity index is 297. The molecule has 0 aliphatic carbocycles. The fourth-order valence-corrected chi connectivity index (χ4v) is 1.71. The van der Waals surface area contributed by atoms with Crippen molar-refractivity contribution in [3.63, 3.8) is 0 Å². The van der Waals surface area contributed by atoms with Crippen LogP contribution in [0.25, 0.3) is 0 Å². The first-order valence-corrected chi connectivity index (χ1v) is 5.87. The Morgan fingerprint density at radius 2 is 2.06 bits per heavy atom. The molecule has 1 rings (SSSR count). The number of nitrogens with two attached hydrogens (primary N) is 1. The molecule has 16 heavy (non-hydrogen) atoms. The van der Waals surface area contributed by atoms with Gasteiger partial charge in [-0.1, -0.05) is 0 Å². The maximum absolute atomic E-state index is 11.8. The molecule has 1 aliphatic rings. The third-order valence-electron chi connectivity index (χ3n) is 2.47. The largest absolute Gasteiger partial charge is 0.375 e. The van der Waals surface area contributed by atoms with Crippen LogP contribution in [0.1, 0.15) is 32.6 Å². The summed E-state index contributed by atoms with van der Waals surface area (Å²) in [5, 5.41) is 4.03. The van der Waals surface area contributed by atoms with Crippen molar-refractivity contribution in [2.24, 2.45) is 10.8 Å². The molecule has 0 aromatic carbocycles. The molecule has 1 aliphatic heterocycles. The minimum absolute atomic E-state index is 0.116. The number of carbonyl (C=O) groups excluding carboxylic acids is 1. The molecule has 5 nitrogen and oxygen atoms in total. The van der Waals surface area contributed by atoms with Gasteiger partial charge >= 0.3 is 0 Å². The van der Waals surface area contributed by atoms with E-state index < -0.39 is 0 Å². The lowest BCUT2D eigenvalue weighted by Crippen LogP contribution is -2.36. The molecule has 1 heterocycles. The predicted octanol–water partition coefficient (Wildman–Crippen LogP) is 0.598. The van der Waals surface area contributed by atoms with E-state index in [1.54, 1.807) is 6.92 Å². The van der Waals surface area contributed by atoms with Crippen molar-refractivity contribution in [2.75, 3.05) is 13.1 Å². The van der Waals surface area contributed by atoms with Gasteiger partial charge in [-0.05, 0) is 38.4 Å². The third-order valence-corrected chi connectivity index (χ3v) is 2.56. The van der Waals surface area contributed by atoms with Gasteiger partial charge in [0.1, 0.15) is 0 Å². The van der Waals surface area contributed by atoms with Crippen molar-refractivity contribution in [3.8, 4) is 0 Å². The number of amides is 1. The second-order valence-electron chi connectivity index (χ2n) is 3.94. The van der Waals surface area contributed by atoms with E-state index in [-0.39, 0.29) is 11.0 Å². The molecule has 1 fully saturated rings. The SMILES string of the molecule is C/C(CC(=O)N1CCCCC1)=N/NC(N)=S. The van der Waals surface area contributed by atoms with Crippen LogP contribution in [0.4, 0.5) is 0 Å². The monoisotopic (exact) mass is 242 g/mol. The fourth-order valence-electron chi connectivity index (χ4n) is 1.66. The van der Waals surface area contributed by atoms with Gasteiger partial charge < -0.3 is 10.6 Å². The molecule has 0 saturated carbocycles. The summed E-state index contributed by atoms with van der Waals surface area (Å²) in [6.45, 7) is 3.52. The Hall–Kier alpha value is -1.17. The number of hydrogen-bond donors (Lipinski definition) is 2. The molecular formula is C10H18N4OS. The van der Waals surface area contributed by atoms with Crippen LogP contribution >= 0.6 is 12.2 Å². The van der Waals surface area contributed by atoms with Crippen molar-refractivity contribution in [2.45, 2.75) is 32.6 Å². The van der Waals surface area contributed by atoms with Crippen LogP contribution < -0.4 is 11.2 Å². The van der Waals surface area contributed by atoms with Gasteiger partial charge in [-0.15, -0.1) is 0 Å². The second-order valence-corrected chi connectivity index (χ2v) is 4.38. The lowest BCUT2D eigenvalue weighted by atomic mass is 10.1. The van der Waals surface area contributed by atoms with Crippen molar-refractivity contribution in [3.05, 3.63) is 0 Å². The zero-order chi connectivity index (χ0) is 12.0. The number of piperidine rings is 1. The molecule has 0 unspecified atom stereocenters. The highest BCUT2D eigenvalue weighted by Crippen LogP contribution is 2.09. The predicted molar refractivity (Wildman–Crippen MR) is 68.1 cm³/mol. The van der Waals surface area contributed by atoms with E-state index in [9.17, 15) is 4.79 Å². The minimum Gasteiger partial charge on any atom is -0.375 e. The highest BCUT2D eigenvalue weighted by molar-refractivity contribution is 7.80. The fraction of sp³-hybridized carbons (Fsp3) is 0.700. The average molecular weight is 242 g/mol. The zero-order valence-electron chi connectivity index (χ0n) is 9.53. The first-order chi connectivity index (χ1) is 7.59. The molecule has 0 aromatic heterocycles. The molecule has 0 atom stereocenters. The first kappa shape index (κ1) is 12.9. The summed E-state index contributed by atoms with van der Waals surface area (Å²) in [5.74, 6) is 0.130. The molecular weight excluding hydrogens is 224 g/mol. The van der Waals surface area contributed by atoms with Crippen LogP contribution in [0.2, 0.25) is 0 Å². The topological polar surface area (TPSA) is 70.7 Å². The van der Waals surface area contributed by atoms with E-state index in [1.807, 2.05) is 4.90 Å². The van der Waals surface area contributed by atoms with Gasteiger partial charge in [-0.3, -0.25) is 10.2 Å². The molecule has 0 radical (unpaired) electrons. The van der Waals surface area contributed by atoms with Gasteiger partial charge in [0.15, 0.2) is 5.11 Å². The number of nitrogens with zero attached hydrogens (tertiary/aromatic N) is 2. The molecule has 90 valence electrons. The molecule has 1 saturated heterocycles. The lowest BCUT2D eigenvalue weighted by molar-refractivity contribution is -0.130. The normalized spacial score (nSPS) is 17.1. The van der Waals surface area contributed by atoms with Gasteiger partial charge in [-0.25, -0.2) is 0 Å². The molecule has 3 N–H and O–H groups in total. The van der Waals surface area contributed by atoms with Crippen molar-refractivity contribution in [1.29, 1.82) is 0 Å². The van der Waals surface area contributed by atoms with Crippen molar-refractivity contribution < 1.29 is 4.79 Å². The number of thiocarbonyl (C=S) groups is 1. The van der Waals surface area contributed by atoms with Crippen LogP contribution in [0.15, 0.2) is 5.10 Å². The lowest BCUT2D eigenvalue weighted by Gasteiger charge is -2.26. The summed E-state index contributed by atoms with van der Waals surface area (Å²) in [4.78, 5) is 13.7. The summed E-state index contributed by atoms with van der Waals surface area (Å²) >= 11 is 4.62. The highest BCUT2D eigenvalue weighted by atomic mass is 32.1. The van der Waals surface area contributed by atoms with Crippen LogP contribution in [-0.2, 0) is 4.79 Å². The molecule has 0 spiro atoms. The molecule has 0 aromatic rings. The van der Waals surface area contributed by atoms with Gasteiger partial charge in [0.2, 0.25) is 5.91 Å². The summed E-state index contributed by atoms with van der Waals surface area (Å²) < 4.78 is 0. The van der Waals surface area contributed by atoms with E-state index in [0.29, 0.717) is 12.1 Å². The Kier molecular flexibility index (Phi) is 5.18. The van der Waals surface area contributed by atoms with E-state index in [1.165, 1.54) is 6.42 Å². The quantitative estimate of drug-likeness (QED) is 0.432. The van der Waals surface area contributed by atoms with Gasteiger partial charge in [-0.2, -0.15) is 5.10 Å². The smallest absolute Gasteiger partial charge is 0.228 e. The minimum atomic E-state index is 0.116. The van der Waals surface area contributed by atoms with Crippen LogP contribution in [0.3, 0.4) is 0 Å². The zero-order valence-corrected chi connectivity index (χ0v) is 10.3. The number of hydrogen-bond acceptors (Lipinski definition) is 3. The van der Waals surface area contributed by atoms with E-state index in [2.05, 4.69) is 22.7 Å². The van der Waals surface area contributed by atoms with E-state index >= 15 is 0 Å². The summed E-state index contributed by atoms with van der Waals surface area (Å²) in [6, 6.07) is 0. The van der Waals surface area contributed by atoms with Crippen LogP contribution in [-0.4, -0.2) is 34.7 Å². The number of hydrazone groups is 1. The number of rotatable bonds is 3. The number of carbonyl (C=O) groups is 1. The molecule has 6 heteroatoms. The van der Waals surface area contributed by atoms with Crippen molar-refractivity contribution in [1.82, 2.24) is 10.3 Å². The summed E-state index contributed by atoms with van der Waals surface area (Å²) in [7, 11) is 0. The Morgan fingerprint density at radius 1 is 1.44 bits per heavy atom. The van der Waals surface area contributed by atoms with Gasteiger partial charge in [0, 0.05) is 18.8 Å². The first-order valence-electron chi connectivity index (χ1n) is 5.46. The summed E-state index contributed by atoms with van der Waals surface area (Å²) in [5.41, 5.74) is 8.41. The van der Waals surface area contributed by atoms with Gasteiger partial charge in [0.25, 0.3) is 0 Å². The Balaban J connectivity index is 2.37.